The van der Waals surface area contributed by atoms with Crippen LogP contribution in [0.25, 0.3) is 0 Å². The molecule has 0 saturated carbocycles. The van der Waals surface area contributed by atoms with Gasteiger partial charge in [-0.1, -0.05) is 35.9 Å². The summed E-state index contributed by atoms with van der Waals surface area (Å²) in [6.45, 7) is 1.03. The SMILES string of the molecule is O=C(Nc1cccc(C(F)(F)F)c1)N1CCSC(c2ccccc2Cl)CC1. The number of hydrogen-bond donors (Lipinski definition) is 1. The molecular formula is C19H18ClF3N2OS. The molecule has 1 unspecified atom stereocenters. The predicted octanol–water partition coefficient (Wildman–Crippen LogP) is 6.07. The van der Waals surface area contributed by atoms with Gasteiger partial charge in [-0.2, -0.15) is 24.9 Å². The summed E-state index contributed by atoms with van der Waals surface area (Å²) in [5.74, 6) is 0.728. The van der Waals surface area contributed by atoms with Crippen LogP contribution in [0.1, 0.15) is 22.8 Å². The third-order valence-electron chi connectivity index (χ3n) is 4.32. The molecule has 1 aliphatic heterocycles. The molecular weight excluding hydrogens is 397 g/mol. The van der Waals surface area contributed by atoms with Gasteiger partial charge in [0.25, 0.3) is 0 Å². The smallest absolute Gasteiger partial charge is 0.324 e. The van der Waals surface area contributed by atoms with Crippen molar-refractivity contribution >= 4 is 35.1 Å². The quantitative estimate of drug-likeness (QED) is 0.646. The fourth-order valence-electron chi connectivity index (χ4n) is 2.93. The van der Waals surface area contributed by atoms with Crippen LogP contribution in [0.2, 0.25) is 5.02 Å². The Bertz CT molecular complexity index is 816. The molecule has 0 bridgehead atoms. The van der Waals surface area contributed by atoms with E-state index in [1.54, 1.807) is 16.7 Å². The summed E-state index contributed by atoms with van der Waals surface area (Å²) in [4.78, 5) is 14.1. The van der Waals surface area contributed by atoms with Crippen LogP contribution in [-0.2, 0) is 6.18 Å². The van der Waals surface area contributed by atoms with E-state index in [-0.39, 0.29) is 10.9 Å². The lowest BCUT2D eigenvalue weighted by Gasteiger charge is -2.21. The Morgan fingerprint density at radius 2 is 1.93 bits per heavy atom. The Morgan fingerprint density at radius 3 is 2.67 bits per heavy atom. The van der Waals surface area contributed by atoms with Crippen LogP contribution < -0.4 is 5.32 Å². The fourth-order valence-corrected chi connectivity index (χ4v) is 4.53. The van der Waals surface area contributed by atoms with Crippen LogP contribution in [0.4, 0.5) is 23.7 Å². The molecule has 27 heavy (non-hydrogen) atoms. The summed E-state index contributed by atoms with van der Waals surface area (Å²) in [5.41, 5.74) is 0.393. The maximum atomic E-state index is 12.8. The number of carbonyl (C=O) groups excluding carboxylic acids is 1. The zero-order valence-electron chi connectivity index (χ0n) is 14.3. The minimum absolute atomic E-state index is 0.134. The maximum Gasteiger partial charge on any atom is 0.416 e. The molecule has 1 fully saturated rings. The summed E-state index contributed by atoms with van der Waals surface area (Å²) >= 11 is 8.00. The van der Waals surface area contributed by atoms with Gasteiger partial charge in [0, 0.05) is 34.8 Å². The van der Waals surface area contributed by atoms with E-state index in [9.17, 15) is 18.0 Å². The topological polar surface area (TPSA) is 32.3 Å². The number of nitrogens with zero attached hydrogens (tertiary/aromatic N) is 1. The maximum absolute atomic E-state index is 12.8. The van der Waals surface area contributed by atoms with Gasteiger partial charge in [0.05, 0.1) is 5.56 Å². The molecule has 3 rings (SSSR count). The Hall–Kier alpha value is -1.86. The van der Waals surface area contributed by atoms with Gasteiger partial charge in [0.15, 0.2) is 0 Å². The molecule has 0 spiro atoms. The van der Waals surface area contributed by atoms with E-state index in [1.807, 2.05) is 24.3 Å². The van der Waals surface area contributed by atoms with Crippen LogP contribution in [0, 0.1) is 0 Å². The highest BCUT2D eigenvalue weighted by atomic mass is 35.5. The zero-order chi connectivity index (χ0) is 19.4. The van der Waals surface area contributed by atoms with E-state index >= 15 is 0 Å². The number of urea groups is 1. The first-order chi connectivity index (χ1) is 12.8. The summed E-state index contributed by atoms with van der Waals surface area (Å²) in [6, 6.07) is 11.9. The summed E-state index contributed by atoms with van der Waals surface area (Å²) in [5, 5.41) is 3.46. The molecule has 1 atom stereocenters. The number of halogens is 4. The lowest BCUT2D eigenvalue weighted by Crippen LogP contribution is -2.36. The molecule has 8 heteroatoms. The zero-order valence-corrected chi connectivity index (χ0v) is 15.9. The molecule has 2 aromatic carbocycles. The third kappa shape index (κ3) is 5.11. The number of nitrogens with one attached hydrogen (secondary N) is 1. The molecule has 1 saturated heterocycles. The van der Waals surface area contributed by atoms with Crippen molar-refractivity contribution < 1.29 is 18.0 Å². The first-order valence-electron chi connectivity index (χ1n) is 8.44. The second-order valence-corrected chi connectivity index (χ2v) is 7.88. The molecule has 1 aliphatic rings. The number of alkyl halides is 3. The Morgan fingerprint density at radius 1 is 1.15 bits per heavy atom. The highest BCUT2D eigenvalue weighted by molar-refractivity contribution is 7.99. The van der Waals surface area contributed by atoms with E-state index in [1.165, 1.54) is 12.1 Å². The number of anilines is 1. The first-order valence-corrected chi connectivity index (χ1v) is 9.86. The van der Waals surface area contributed by atoms with Crippen molar-refractivity contribution in [2.75, 3.05) is 24.2 Å². The van der Waals surface area contributed by atoms with Gasteiger partial charge in [-0.05, 0) is 36.2 Å². The standard InChI is InChI=1S/C19H18ClF3N2OS/c20-16-7-2-1-6-15(16)17-8-9-25(10-11-27-17)18(26)24-14-5-3-4-13(12-14)19(21,22)23/h1-7,12,17H,8-11H2,(H,24,26). The van der Waals surface area contributed by atoms with E-state index in [4.69, 9.17) is 11.6 Å². The third-order valence-corrected chi connectivity index (χ3v) is 5.98. The predicted molar refractivity (Wildman–Crippen MR) is 103 cm³/mol. The van der Waals surface area contributed by atoms with Gasteiger partial charge in [-0.15, -0.1) is 0 Å². The number of carbonyl (C=O) groups is 1. The Kier molecular flexibility index (Phi) is 6.22. The molecule has 3 nitrogen and oxygen atoms in total. The van der Waals surface area contributed by atoms with E-state index in [2.05, 4.69) is 5.32 Å². The Balaban J connectivity index is 1.64. The largest absolute Gasteiger partial charge is 0.416 e. The van der Waals surface area contributed by atoms with Gasteiger partial charge < -0.3 is 10.2 Å². The Labute approximate surface area is 164 Å². The molecule has 1 N–H and O–H groups in total. The van der Waals surface area contributed by atoms with Crippen molar-refractivity contribution in [3.05, 3.63) is 64.7 Å². The van der Waals surface area contributed by atoms with Crippen molar-refractivity contribution in [1.82, 2.24) is 4.90 Å². The van der Waals surface area contributed by atoms with E-state index in [0.29, 0.717) is 18.1 Å². The van der Waals surface area contributed by atoms with Crippen molar-refractivity contribution in [1.29, 1.82) is 0 Å². The van der Waals surface area contributed by atoms with Gasteiger partial charge in [0.2, 0.25) is 0 Å². The average Bonchev–Trinajstić information content (AvgIpc) is 2.88. The highest BCUT2D eigenvalue weighted by Crippen LogP contribution is 2.38. The van der Waals surface area contributed by atoms with Crippen LogP contribution in [0.15, 0.2) is 48.5 Å². The van der Waals surface area contributed by atoms with Crippen molar-refractivity contribution in [3.63, 3.8) is 0 Å². The number of benzene rings is 2. The minimum Gasteiger partial charge on any atom is -0.324 e. The molecule has 0 aromatic heterocycles. The van der Waals surface area contributed by atoms with E-state index in [0.717, 1.165) is 29.9 Å². The van der Waals surface area contributed by atoms with E-state index < -0.39 is 17.8 Å². The van der Waals surface area contributed by atoms with Crippen LogP contribution >= 0.6 is 23.4 Å². The normalized spacial score (nSPS) is 18.1. The van der Waals surface area contributed by atoms with Gasteiger partial charge in [-0.3, -0.25) is 0 Å². The lowest BCUT2D eigenvalue weighted by molar-refractivity contribution is -0.137. The summed E-state index contributed by atoms with van der Waals surface area (Å²) < 4.78 is 38.4. The van der Waals surface area contributed by atoms with Crippen LogP contribution in [0.5, 0.6) is 0 Å². The van der Waals surface area contributed by atoms with Gasteiger partial charge >= 0.3 is 12.2 Å². The van der Waals surface area contributed by atoms with Crippen LogP contribution in [-0.4, -0.2) is 29.8 Å². The summed E-state index contributed by atoms with van der Waals surface area (Å²) in [6.07, 6.45) is -3.72. The summed E-state index contributed by atoms with van der Waals surface area (Å²) in [7, 11) is 0. The monoisotopic (exact) mass is 414 g/mol. The first kappa shape index (κ1) is 19.9. The average molecular weight is 415 g/mol. The molecule has 144 valence electrons. The number of thioether (sulfide) groups is 1. The molecule has 0 radical (unpaired) electrons. The molecule has 2 amide bonds. The number of hydrogen-bond acceptors (Lipinski definition) is 2. The number of amides is 2. The second kappa shape index (κ2) is 8.44. The second-order valence-electron chi connectivity index (χ2n) is 6.17. The molecule has 0 aliphatic carbocycles. The van der Waals surface area contributed by atoms with Crippen molar-refractivity contribution in [2.45, 2.75) is 17.8 Å². The number of rotatable bonds is 2. The minimum atomic E-state index is -4.44. The van der Waals surface area contributed by atoms with Crippen LogP contribution in [0.3, 0.4) is 0 Å². The van der Waals surface area contributed by atoms with Crippen molar-refractivity contribution in [3.8, 4) is 0 Å². The van der Waals surface area contributed by atoms with Crippen molar-refractivity contribution in [2.24, 2.45) is 0 Å². The lowest BCUT2D eigenvalue weighted by atomic mass is 10.1. The fraction of sp³-hybridized carbons (Fsp3) is 0.316. The highest BCUT2D eigenvalue weighted by Gasteiger charge is 2.30. The molecule has 2 aromatic rings. The van der Waals surface area contributed by atoms with Gasteiger partial charge in [0.1, 0.15) is 0 Å². The van der Waals surface area contributed by atoms with Gasteiger partial charge in [-0.25, -0.2) is 4.79 Å². The molecule has 1 heterocycles.